The fourth-order valence-electron chi connectivity index (χ4n) is 1.92. The third-order valence-corrected chi connectivity index (χ3v) is 2.82. The average Bonchev–Trinajstić information content (AvgIpc) is 2.58. The molecule has 1 aromatic carbocycles. The molecule has 0 saturated carbocycles. The van der Waals surface area contributed by atoms with Crippen LogP contribution in [0.3, 0.4) is 0 Å². The minimum Gasteiger partial charge on any atom is -0.371 e. The highest BCUT2D eigenvalue weighted by atomic mass is 19.1. The van der Waals surface area contributed by atoms with E-state index in [1.807, 2.05) is 0 Å². The lowest BCUT2D eigenvalue weighted by atomic mass is 10.2. The summed E-state index contributed by atoms with van der Waals surface area (Å²) in [5.74, 6) is -2.15. The molecule has 0 bridgehead atoms. The first-order chi connectivity index (χ1) is 8.52. The Hall–Kier alpha value is -1.98. The maximum absolute atomic E-state index is 13.4. The van der Waals surface area contributed by atoms with Gasteiger partial charge in [0.05, 0.1) is 12.1 Å². The molecule has 1 saturated heterocycles. The largest absolute Gasteiger partial charge is 0.371 e. The van der Waals surface area contributed by atoms with Crippen LogP contribution < -0.4 is 5.32 Å². The lowest BCUT2D eigenvalue weighted by Gasteiger charge is -2.14. The predicted octanol–water partition coefficient (Wildman–Crippen LogP) is 1.52. The summed E-state index contributed by atoms with van der Waals surface area (Å²) >= 11 is 0. The number of carbonyl (C=O) groups is 2. The van der Waals surface area contributed by atoms with E-state index in [0.29, 0.717) is 6.54 Å². The van der Waals surface area contributed by atoms with Crippen molar-refractivity contribution in [2.45, 2.75) is 19.4 Å². The van der Waals surface area contributed by atoms with E-state index in [0.717, 1.165) is 17.0 Å². The number of hydrogen-bond donors (Lipinski definition) is 1. The molecule has 96 valence electrons. The van der Waals surface area contributed by atoms with Crippen LogP contribution >= 0.6 is 0 Å². The molecule has 6 heteroatoms. The zero-order valence-electron chi connectivity index (χ0n) is 9.74. The normalized spacial score (nSPS) is 19.5. The molecule has 0 radical (unpaired) electrons. The van der Waals surface area contributed by atoms with Gasteiger partial charge in [-0.05, 0) is 19.1 Å². The highest BCUT2D eigenvalue weighted by Gasteiger charge is 2.37. The second kappa shape index (κ2) is 4.72. The Kier molecular flexibility index (Phi) is 3.27. The van der Waals surface area contributed by atoms with Crippen LogP contribution in [0.25, 0.3) is 0 Å². The van der Waals surface area contributed by atoms with E-state index in [1.54, 1.807) is 6.92 Å². The molecule has 1 aliphatic heterocycles. The van der Waals surface area contributed by atoms with Crippen molar-refractivity contribution in [1.82, 2.24) is 4.90 Å². The second-order valence-electron chi connectivity index (χ2n) is 4.00. The van der Waals surface area contributed by atoms with Gasteiger partial charge in [0.2, 0.25) is 5.91 Å². The minimum atomic E-state index is -0.787. The van der Waals surface area contributed by atoms with Crippen LogP contribution in [0.4, 0.5) is 14.5 Å². The van der Waals surface area contributed by atoms with Gasteiger partial charge in [-0.25, -0.2) is 8.78 Å². The number of anilines is 1. The number of imide groups is 1. The lowest BCUT2D eigenvalue weighted by molar-refractivity contribution is -0.138. The van der Waals surface area contributed by atoms with E-state index in [-0.39, 0.29) is 23.9 Å². The van der Waals surface area contributed by atoms with E-state index >= 15 is 0 Å². The maximum atomic E-state index is 13.4. The number of rotatable bonds is 3. The highest BCUT2D eigenvalue weighted by Crippen LogP contribution is 2.21. The summed E-state index contributed by atoms with van der Waals surface area (Å²) in [5.41, 5.74) is 0.0144. The van der Waals surface area contributed by atoms with Gasteiger partial charge < -0.3 is 5.32 Å². The number of likely N-dealkylation sites (tertiary alicyclic amines) is 1. The summed E-state index contributed by atoms with van der Waals surface area (Å²) < 4.78 is 26.1. The molecule has 0 aliphatic carbocycles. The van der Waals surface area contributed by atoms with Crippen molar-refractivity contribution in [1.29, 1.82) is 0 Å². The third kappa shape index (κ3) is 2.18. The Morgan fingerprint density at radius 1 is 1.39 bits per heavy atom. The number of likely N-dealkylation sites (N-methyl/N-ethyl adjacent to an activating group) is 1. The fraction of sp³-hybridized carbons (Fsp3) is 0.333. The van der Waals surface area contributed by atoms with Crippen molar-refractivity contribution in [2.24, 2.45) is 0 Å². The molecule has 1 N–H and O–H groups in total. The van der Waals surface area contributed by atoms with Gasteiger partial charge in [-0.3, -0.25) is 14.5 Å². The van der Waals surface area contributed by atoms with Gasteiger partial charge in [0.1, 0.15) is 17.7 Å². The van der Waals surface area contributed by atoms with E-state index in [1.165, 1.54) is 6.07 Å². The van der Waals surface area contributed by atoms with Gasteiger partial charge in [0.15, 0.2) is 0 Å². The monoisotopic (exact) mass is 254 g/mol. The topological polar surface area (TPSA) is 49.4 Å². The Balaban J connectivity index is 2.15. The number of amides is 2. The van der Waals surface area contributed by atoms with Crippen LogP contribution in [-0.2, 0) is 9.59 Å². The zero-order valence-corrected chi connectivity index (χ0v) is 9.74. The summed E-state index contributed by atoms with van der Waals surface area (Å²) in [6.45, 7) is 1.98. The van der Waals surface area contributed by atoms with Crippen molar-refractivity contribution in [3.8, 4) is 0 Å². The van der Waals surface area contributed by atoms with Gasteiger partial charge in [0, 0.05) is 12.6 Å². The molecule has 1 aliphatic rings. The molecule has 18 heavy (non-hydrogen) atoms. The van der Waals surface area contributed by atoms with Gasteiger partial charge in [-0.15, -0.1) is 0 Å². The van der Waals surface area contributed by atoms with E-state index in [2.05, 4.69) is 5.32 Å². The molecule has 1 atom stereocenters. The molecule has 1 aromatic rings. The van der Waals surface area contributed by atoms with Crippen LogP contribution in [0.2, 0.25) is 0 Å². The highest BCUT2D eigenvalue weighted by molar-refractivity contribution is 6.06. The van der Waals surface area contributed by atoms with Crippen LogP contribution in [0.1, 0.15) is 13.3 Å². The molecule has 2 amide bonds. The van der Waals surface area contributed by atoms with Crippen molar-refractivity contribution >= 4 is 17.5 Å². The van der Waals surface area contributed by atoms with Crippen molar-refractivity contribution in [2.75, 3.05) is 11.9 Å². The van der Waals surface area contributed by atoms with E-state index in [9.17, 15) is 18.4 Å². The minimum absolute atomic E-state index is 0.0104. The average molecular weight is 254 g/mol. The zero-order chi connectivity index (χ0) is 13.3. The molecule has 0 spiro atoms. The lowest BCUT2D eigenvalue weighted by Crippen LogP contribution is -2.34. The molecule has 1 unspecified atom stereocenters. The van der Waals surface area contributed by atoms with Crippen LogP contribution in [0, 0.1) is 11.6 Å². The molecular weight excluding hydrogens is 242 g/mol. The van der Waals surface area contributed by atoms with Crippen molar-refractivity contribution in [3.05, 3.63) is 29.8 Å². The Labute approximate surface area is 103 Å². The number of benzene rings is 1. The summed E-state index contributed by atoms with van der Waals surface area (Å²) in [5, 5.41) is 2.63. The predicted molar refractivity (Wildman–Crippen MR) is 60.8 cm³/mol. The second-order valence-corrected chi connectivity index (χ2v) is 4.00. The molecule has 1 fully saturated rings. The molecule has 1 heterocycles. The van der Waals surface area contributed by atoms with Crippen LogP contribution in [0.5, 0.6) is 0 Å². The van der Waals surface area contributed by atoms with Gasteiger partial charge in [-0.1, -0.05) is 0 Å². The van der Waals surface area contributed by atoms with Crippen molar-refractivity contribution in [3.63, 3.8) is 0 Å². The molecular formula is C12H12F2N2O2. The Bertz CT molecular complexity index is 505. The summed E-state index contributed by atoms with van der Waals surface area (Å²) in [6, 6.07) is 2.24. The number of carbonyl (C=O) groups excluding carboxylic acids is 2. The number of nitrogens with zero attached hydrogens (tertiary/aromatic N) is 1. The molecule has 4 nitrogen and oxygen atoms in total. The summed E-state index contributed by atoms with van der Waals surface area (Å²) in [4.78, 5) is 24.4. The smallest absolute Gasteiger partial charge is 0.252 e. The first kappa shape index (κ1) is 12.5. The van der Waals surface area contributed by atoms with Crippen LogP contribution in [-0.4, -0.2) is 29.3 Å². The number of halogens is 2. The van der Waals surface area contributed by atoms with Gasteiger partial charge in [0.25, 0.3) is 5.91 Å². The molecule has 0 aromatic heterocycles. The number of hydrogen-bond acceptors (Lipinski definition) is 3. The summed E-state index contributed by atoms with van der Waals surface area (Å²) in [7, 11) is 0. The maximum Gasteiger partial charge on any atom is 0.252 e. The fourth-order valence-corrected chi connectivity index (χ4v) is 1.92. The SMILES string of the molecule is CCN1C(=O)CC(Nc2ccc(F)cc2F)C1=O. The van der Waals surface area contributed by atoms with Gasteiger partial charge in [-0.2, -0.15) is 0 Å². The van der Waals surface area contributed by atoms with E-state index < -0.39 is 17.7 Å². The van der Waals surface area contributed by atoms with E-state index in [4.69, 9.17) is 0 Å². The first-order valence-electron chi connectivity index (χ1n) is 5.58. The Morgan fingerprint density at radius 3 is 2.67 bits per heavy atom. The first-order valence-corrected chi connectivity index (χ1v) is 5.58. The summed E-state index contributed by atoms with van der Waals surface area (Å²) in [6.07, 6.45) is -0.0104. The van der Waals surface area contributed by atoms with Crippen LogP contribution in [0.15, 0.2) is 18.2 Å². The quantitative estimate of drug-likeness (QED) is 0.832. The molecule has 2 rings (SSSR count). The van der Waals surface area contributed by atoms with Crippen molar-refractivity contribution < 1.29 is 18.4 Å². The standard InChI is InChI=1S/C12H12F2N2O2/c1-2-16-11(17)6-10(12(16)18)15-9-4-3-7(13)5-8(9)14/h3-5,10,15H,2,6H2,1H3. The Morgan fingerprint density at radius 2 is 2.11 bits per heavy atom. The number of nitrogens with one attached hydrogen (secondary N) is 1. The third-order valence-electron chi connectivity index (χ3n) is 2.82. The van der Waals surface area contributed by atoms with Gasteiger partial charge >= 0.3 is 0 Å².